The lowest BCUT2D eigenvalue weighted by molar-refractivity contribution is -0.140. The van der Waals surface area contributed by atoms with Crippen molar-refractivity contribution in [3.05, 3.63) is 35.9 Å². The Bertz CT molecular complexity index is 445. The third-order valence-electron chi connectivity index (χ3n) is 2.93. The molecule has 0 fully saturated rings. The Hall–Kier alpha value is -1.88. The normalized spacial score (nSPS) is 10.6. The highest BCUT2D eigenvalue weighted by Gasteiger charge is 2.15. The number of nitrogens with zero attached hydrogens (tertiary/aromatic N) is 1. The van der Waals surface area contributed by atoms with Crippen molar-refractivity contribution >= 4 is 11.9 Å². The van der Waals surface area contributed by atoms with Gasteiger partial charge in [-0.25, -0.2) is 0 Å². The summed E-state index contributed by atoms with van der Waals surface area (Å²) in [4.78, 5) is 24.4. The number of rotatable bonds is 9. The molecule has 0 heterocycles. The van der Waals surface area contributed by atoms with Crippen molar-refractivity contribution in [1.82, 2.24) is 4.90 Å². The average Bonchev–Trinajstić information content (AvgIpc) is 2.44. The highest BCUT2D eigenvalue weighted by atomic mass is 16.5. The highest BCUT2D eigenvalue weighted by Crippen LogP contribution is 2.07. The molecule has 21 heavy (non-hydrogen) atoms. The van der Waals surface area contributed by atoms with Crippen molar-refractivity contribution in [2.24, 2.45) is 0 Å². The largest absolute Gasteiger partial charge is 0.481 e. The Morgan fingerprint density at radius 3 is 2.48 bits per heavy atom. The Kier molecular flexibility index (Phi) is 7.46. The van der Waals surface area contributed by atoms with Crippen LogP contribution in [0.15, 0.2) is 30.3 Å². The summed E-state index contributed by atoms with van der Waals surface area (Å²) in [6.45, 7) is 4.66. The number of carbonyl (C=O) groups excluding carboxylic acids is 1. The first-order chi connectivity index (χ1) is 9.99. The second kappa shape index (κ2) is 9.13. The minimum Gasteiger partial charge on any atom is -0.481 e. The van der Waals surface area contributed by atoms with E-state index in [0.29, 0.717) is 19.5 Å². The fourth-order valence-electron chi connectivity index (χ4n) is 1.85. The Balaban J connectivity index is 2.60. The van der Waals surface area contributed by atoms with Crippen LogP contribution in [0.1, 0.15) is 32.3 Å². The zero-order valence-corrected chi connectivity index (χ0v) is 12.6. The number of aliphatic carboxylic acids is 1. The van der Waals surface area contributed by atoms with E-state index in [1.165, 1.54) is 0 Å². The van der Waals surface area contributed by atoms with Crippen molar-refractivity contribution in [2.45, 2.75) is 39.3 Å². The van der Waals surface area contributed by atoms with E-state index in [4.69, 9.17) is 9.84 Å². The van der Waals surface area contributed by atoms with Crippen LogP contribution in [0.2, 0.25) is 0 Å². The van der Waals surface area contributed by atoms with E-state index >= 15 is 0 Å². The van der Waals surface area contributed by atoms with Gasteiger partial charge in [-0.1, -0.05) is 30.3 Å². The lowest BCUT2D eigenvalue weighted by atomic mass is 10.2. The van der Waals surface area contributed by atoms with Crippen LogP contribution in [-0.4, -0.2) is 41.1 Å². The van der Waals surface area contributed by atoms with Gasteiger partial charge in [0.05, 0.1) is 6.10 Å². The van der Waals surface area contributed by atoms with Gasteiger partial charge in [-0.2, -0.15) is 0 Å². The van der Waals surface area contributed by atoms with Gasteiger partial charge in [0, 0.05) is 19.5 Å². The second-order valence-electron chi connectivity index (χ2n) is 5.16. The summed E-state index contributed by atoms with van der Waals surface area (Å²) >= 11 is 0. The molecule has 5 heteroatoms. The van der Waals surface area contributed by atoms with Gasteiger partial charge in [0.15, 0.2) is 0 Å². The van der Waals surface area contributed by atoms with Crippen LogP contribution >= 0.6 is 0 Å². The van der Waals surface area contributed by atoms with Gasteiger partial charge in [-0.3, -0.25) is 9.59 Å². The molecule has 0 saturated heterocycles. The Morgan fingerprint density at radius 2 is 1.90 bits per heavy atom. The fourth-order valence-corrected chi connectivity index (χ4v) is 1.85. The third kappa shape index (κ3) is 7.46. The van der Waals surface area contributed by atoms with Crippen molar-refractivity contribution in [2.75, 3.05) is 13.2 Å². The predicted molar refractivity (Wildman–Crippen MR) is 79.8 cm³/mol. The first-order valence-corrected chi connectivity index (χ1v) is 7.14. The summed E-state index contributed by atoms with van der Waals surface area (Å²) in [6.07, 6.45) is 0.491. The van der Waals surface area contributed by atoms with E-state index in [2.05, 4.69) is 0 Å². The Labute approximate surface area is 125 Å². The van der Waals surface area contributed by atoms with Crippen molar-refractivity contribution in [3.8, 4) is 0 Å². The SMILES string of the molecule is CC(C)OCC(=O)N(CCCC(=O)O)Cc1ccccc1. The second-order valence-corrected chi connectivity index (χ2v) is 5.16. The number of amides is 1. The van der Waals surface area contributed by atoms with Gasteiger partial charge < -0.3 is 14.7 Å². The molecule has 116 valence electrons. The molecule has 0 spiro atoms. The number of carbonyl (C=O) groups is 2. The van der Waals surface area contributed by atoms with E-state index in [1.54, 1.807) is 4.90 Å². The van der Waals surface area contributed by atoms with Crippen LogP contribution in [0.5, 0.6) is 0 Å². The van der Waals surface area contributed by atoms with Gasteiger partial charge in [0.1, 0.15) is 6.61 Å². The molecule has 0 aliphatic rings. The molecule has 0 aliphatic carbocycles. The first kappa shape index (κ1) is 17.2. The molecule has 5 nitrogen and oxygen atoms in total. The van der Waals surface area contributed by atoms with E-state index in [0.717, 1.165) is 5.56 Å². The van der Waals surface area contributed by atoms with Crippen molar-refractivity contribution < 1.29 is 19.4 Å². The molecular weight excluding hydrogens is 270 g/mol. The number of carboxylic acid groups (broad SMARTS) is 1. The Morgan fingerprint density at radius 1 is 1.24 bits per heavy atom. The van der Waals surface area contributed by atoms with Crippen LogP contribution < -0.4 is 0 Å². The molecule has 0 atom stereocenters. The summed E-state index contributed by atoms with van der Waals surface area (Å²) in [5, 5.41) is 8.70. The number of benzene rings is 1. The summed E-state index contributed by atoms with van der Waals surface area (Å²) in [7, 11) is 0. The number of carboxylic acids is 1. The van der Waals surface area contributed by atoms with E-state index < -0.39 is 5.97 Å². The third-order valence-corrected chi connectivity index (χ3v) is 2.93. The van der Waals surface area contributed by atoms with Crippen LogP contribution in [0.4, 0.5) is 0 Å². The summed E-state index contributed by atoms with van der Waals surface area (Å²) in [5.74, 6) is -0.960. The minimum atomic E-state index is -0.847. The average molecular weight is 293 g/mol. The lowest BCUT2D eigenvalue weighted by Gasteiger charge is -2.23. The minimum absolute atomic E-state index is 0.00783. The molecule has 0 aromatic heterocycles. The maximum Gasteiger partial charge on any atom is 0.303 e. The van der Waals surface area contributed by atoms with Crippen molar-refractivity contribution in [3.63, 3.8) is 0 Å². The number of hydrogen-bond donors (Lipinski definition) is 1. The molecule has 0 saturated carbocycles. The fraction of sp³-hybridized carbons (Fsp3) is 0.500. The monoisotopic (exact) mass is 293 g/mol. The molecule has 1 aromatic carbocycles. The zero-order chi connectivity index (χ0) is 15.7. The summed E-state index contributed by atoms with van der Waals surface area (Å²) < 4.78 is 5.34. The number of ether oxygens (including phenoxy) is 1. The topological polar surface area (TPSA) is 66.8 Å². The van der Waals surface area contributed by atoms with Crippen molar-refractivity contribution in [1.29, 1.82) is 0 Å². The molecule has 1 amide bonds. The lowest BCUT2D eigenvalue weighted by Crippen LogP contribution is -2.35. The van der Waals surface area contributed by atoms with E-state index in [1.807, 2.05) is 44.2 Å². The first-order valence-electron chi connectivity index (χ1n) is 7.14. The van der Waals surface area contributed by atoms with Gasteiger partial charge in [-0.05, 0) is 25.8 Å². The molecule has 0 radical (unpaired) electrons. The molecule has 1 aromatic rings. The quantitative estimate of drug-likeness (QED) is 0.758. The highest BCUT2D eigenvalue weighted by molar-refractivity contribution is 5.77. The maximum absolute atomic E-state index is 12.2. The standard InChI is InChI=1S/C16H23NO4/c1-13(2)21-12-15(18)17(10-6-9-16(19)20)11-14-7-4-3-5-8-14/h3-5,7-8,13H,6,9-12H2,1-2H3,(H,19,20). The van der Waals surface area contributed by atoms with E-state index in [-0.39, 0.29) is 25.0 Å². The molecule has 1 rings (SSSR count). The maximum atomic E-state index is 12.2. The van der Waals surface area contributed by atoms with Gasteiger partial charge in [0.2, 0.25) is 5.91 Å². The van der Waals surface area contributed by atoms with Gasteiger partial charge in [0.25, 0.3) is 0 Å². The molecular formula is C16H23NO4. The zero-order valence-electron chi connectivity index (χ0n) is 12.6. The molecule has 0 bridgehead atoms. The van der Waals surface area contributed by atoms with Crippen LogP contribution in [-0.2, 0) is 20.9 Å². The van der Waals surface area contributed by atoms with Gasteiger partial charge >= 0.3 is 5.97 Å². The summed E-state index contributed by atoms with van der Waals surface area (Å²) in [6, 6.07) is 9.64. The van der Waals surface area contributed by atoms with E-state index in [9.17, 15) is 9.59 Å². The van der Waals surface area contributed by atoms with Crippen LogP contribution in [0.3, 0.4) is 0 Å². The van der Waals surface area contributed by atoms with Crippen LogP contribution in [0, 0.1) is 0 Å². The summed E-state index contributed by atoms with van der Waals surface area (Å²) in [5.41, 5.74) is 1.02. The number of hydrogen-bond acceptors (Lipinski definition) is 3. The van der Waals surface area contributed by atoms with Gasteiger partial charge in [-0.15, -0.1) is 0 Å². The molecule has 0 unspecified atom stereocenters. The molecule has 1 N–H and O–H groups in total. The van der Waals surface area contributed by atoms with Crippen LogP contribution in [0.25, 0.3) is 0 Å². The predicted octanol–water partition coefficient (Wildman–Crippen LogP) is 2.30. The smallest absolute Gasteiger partial charge is 0.303 e. The molecule has 0 aliphatic heterocycles.